The lowest BCUT2D eigenvalue weighted by molar-refractivity contribution is -0.112. The molecule has 1 amide bonds. The molecule has 0 aromatic carbocycles. The van der Waals surface area contributed by atoms with Gasteiger partial charge in [0.15, 0.2) is 0 Å². The first-order valence-electron chi connectivity index (χ1n) is 2.76. The quantitative estimate of drug-likeness (QED) is 0.275. The van der Waals surface area contributed by atoms with Crippen molar-refractivity contribution in [3.8, 4) is 0 Å². The van der Waals surface area contributed by atoms with E-state index in [1.54, 1.807) is 0 Å². The molecule has 1 rings (SSSR count). The van der Waals surface area contributed by atoms with Gasteiger partial charge in [-0.3, -0.25) is 4.79 Å². The molecule has 0 atom stereocenters. The summed E-state index contributed by atoms with van der Waals surface area (Å²) in [7, 11) is 0. The summed E-state index contributed by atoms with van der Waals surface area (Å²) in [5.41, 5.74) is 9.33. The Bertz CT molecular complexity index is 329. The number of nitrogens with zero attached hydrogens (tertiary/aromatic N) is 3. The highest BCUT2D eigenvalue weighted by molar-refractivity contribution is 6.43. The van der Waals surface area contributed by atoms with Crippen LogP contribution in [0.4, 0.5) is 6.01 Å². The fourth-order valence-electron chi connectivity index (χ4n) is 0.536. The highest BCUT2D eigenvalue weighted by atomic mass is 16.5. The van der Waals surface area contributed by atoms with E-state index in [0.29, 0.717) is 0 Å². The molecule has 64 valence electrons. The Labute approximate surface area is 65.8 Å². The van der Waals surface area contributed by atoms with Crippen LogP contribution >= 0.6 is 0 Å². The third kappa shape index (κ3) is 1.31. The number of nitrogens with two attached hydrogens (primary N) is 2. The first-order valence-corrected chi connectivity index (χ1v) is 2.76. The Morgan fingerprint density at radius 2 is 2.33 bits per heavy atom. The highest BCUT2D eigenvalue weighted by Gasteiger charge is 2.17. The normalized spacial score (nSPS) is 11.5. The van der Waals surface area contributed by atoms with E-state index in [4.69, 9.17) is 16.7 Å². The van der Waals surface area contributed by atoms with Crippen LogP contribution in [0.1, 0.15) is 5.82 Å². The summed E-state index contributed by atoms with van der Waals surface area (Å²) in [5, 5.41) is 14.1. The minimum atomic E-state index is -0.974. The number of aromatic nitrogens is 2. The summed E-state index contributed by atoms with van der Waals surface area (Å²) >= 11 is 0. The molecule has 0 saturated carbocycles. The zero-order valence-electron chi connectivity index (χ0n) is 5.76. The van der Waals surface area contributed by atoms with Crippen molar-refractivity contribution in [3.05, 3.63) is 5.82 Å². The van der Waals surface area contributed by atoms with E-state index in [1.165, 1.54) is 0 Å². The van der Waals surface area contributed by atoms with Crippen LogP contribution in [0.25, 0.3) is 0 Å². The number of hydrogen-bond donors (Lipinski definition) is 3. The first-order chi connectivity index (χ1) is 5.65. The molecule has 0 aliphatic heterocycles. The van der Waals surface area contributed by atoms with E-state index in [-0.39, 0.29) is 11.8 Å². The monoisotopic (exact) mass is 171 g/mol. The van der Waals surface area contributed by atoms with Crippen molar-refractivity contribution in [1.82, 2.24) is 10.1 Å². The number of oxime groups is 1. The lowest BCUT2D eigenvalue weighted by Gasteiger charge is -1.88. The Morgan fingerprint density at radius 1 is 1.67 bits per heavy atom. The third-order valence-corrected chi connectivity index (χ3v) is 0.987. The average Bonchev–Trinajstić information content (AvgIpc) is 2.37. The number of anilines is 1. The molecule has 1 heterocycles. The number of carbonyl (C=O) groups is 1. The van der Waals surface area contributed by atoms with Gasteiger partial charge in [-0.25, -0.2) is 0 Å². The van der Waals surface area contributed by atoms with E-state index in [1.807, 2.05) is 0 Å². The van der Waals surface area contributed by atoms with Gasteiger partial charge in [0.2, 0.25) is 11.5 Å². The van der Waals surface area contributed by atoms with Crippen LogP contribution in [-0.4, -0.2) is 27.0 Å². The number of nitrogen functional groups attached to an aromatic ring is 1. The fraction of sp³-hybridized carbons (Fsp3) is 0. The zero-order valence-corrected chi connectivity index (χ0v) is 5.76. The van der Waals surface area contributed by atoms with Gasteiger partial charge in [-0.2, -0.15) is 4.98 Å². The smallest absolute Gasteiger partial charge is 0.319 e. The molecule has 0 spiro atoms. The molecule has 0 aliphatic carbocycles. The van der Waals surface area contributed by atoms with Gasteiger partial charge < -0.3 is 21.2 Å². The largest absolute Gasteiger partial charge is 0.410 e. The van der Waals surface area contributed by atoms with Gasteiger partial charge in [-0.05, 0) is 0 Å². The molecule has 0 fully saturated rings. The van der Waals surface area contributed by atoms with Crippen molar-refractivity contribution in [2.45, 2.75) is 0 Å². The van der Waals surface area contributed by atoms with E-state index in [2.05, 4.69) is 19.8 Å². The maximum absolute atomic E-state index is 10.5. The fourth-order valence-corrected chi connectivity index (χ4v) is 0.536. The summed E-state index contributed by atoms with van der Waals surface area (Å²) in [5.74, 6) is -1.22. The van der Waals surface area contributed by atoms with Gasteiger partial charge in [0, 0.05) is 0 Å². The van der Waals surface area contributed by atoms with Crippen LogP contribution in [0, 0.1) is 0 Å². The summed E-state index contributed by atoms with van der Waals surface area (Å²) in [6.07, 6.45) is 0. The van der Waals surface area contributed by atoms with E-state index < -0.39 is 11.6 Å². The van der Waals surface area contributed by atoms with Crippen LogP contribution in [0.2, 0.25) is 0 Å². The molecular formula is C4H5N5O3. The Balaban J connectivity index is 3.04. The van der Waals surface area contributed by atoms with E-state index in [0.717, 1.165) is 0 Å². The van der Waals surface area contributed by atoms with Crippen LogP contribution in [0.5, 0.6) is 0 Å². The maximum Gasteiger partial charge on any atom is 0.319 e. The average molecular weight is 171 g/mol. The predicted octanol–water partition coefficient (Wildman–Crippen LogP) is -1.68. The molecule has 1 aromatic heterocycles. The van der Waals surface area contributed by atoms with Crippen LogP contribution in [0.15, 0.2) is 9.68 Å². The molecule has 0 unspecified atom stereocenters. The van der Waals surface area contributed by atoms with Crippen molar-refractivity contribution in [1.29, 1.82) is 0 Å². The molecule has 12 heavy (non-hydrogen) atoms. The van der Waals surface area contributed by atoms with E-state index >= 15 is 0 Å². The van der Waals surface area contributed by atoms with Crippen molar-refractivity contribution in [2.75, 3.05) is 5.73 Å². The lowest BCUT2D eigenvalue weighted by Crippen LogP contribution is -2.25. The number of amides is 1. The Morgan fingerprint density at radius 3 is 2.67 bits per heavy atom. The number of carbonyl (C=O) groups excluding carboxylic acids is 1. The van der Waals surface area contributed by atoms with Gasteiger partial charge in [0.25, 0.3) is 5.91 Å². The second-order valence-corrected chi connectivity index (χ2v) is 1.77. The van der Waals surface area contributed by atoms with Crippen LogP contribution < -0.4 is 11.5 Å². The van der Waals surface area contributed by atoms with Crippen molar-refractivity contribution >= 4 is 17.6 Å². The second-order valence-electron chi connectivity index (χ2n) is 1.77. The summed E-state index contributed by atoms with van der Waals surface area (Å²) < 4.78 is 4.31. The summed E-state index contributed by atoms with van der Waals surface area (Å²) in [6.45, 7) is 0. The number of primary amides is 1. The van der Waals surface area contributed by atoms with Crippen LogP contribution in [-0.2, 0) is 4.79 Å². The molecule has 0 aliphatic rings. The van der Waals surface area contributed by atoms with Gasteiger partial charge in [0.05, 0.1) is 0 Å². The SMILES string of the molecule is NC(=O)C(=NO)c1noc(N)n1. The lowest BCUT2D eigenvalue weighted by atomic mass is 10.3. The first kappa shape index (κ1) is 7.98. The summed E-state index contributed by atoms with van der Waals surface area (Å²) in [6, 6.07) is -0.243. The third-order valence-electron chi connectivity index (χ3n) is 0.987. The molecule has 8 heteroatoms. The number of rotatable bonds is 2. The zero-order chi connectivity index (χ0) is 9.14. The van der Waals surface area contributed by atoms with Gasteiger partial charge in [-0.15, -0.1) is 0 Å². The Kier molecular flexibility index (Phi) is 1.90. The molecule has 8 nitrogen and oxygen atoms in total. The molecule has 0 saturated heterocycles. The molecule has 0 bridgehead atoms. The molecular weight excluding hydrogens is 166 g/mol. The van der Waals surface area contributed by atoms with E-state index in [9.17, 15) is 4.79 Å². The summed E-state index contributed by atoms with van der Waals surface area (Å²) in [4.78, 5) is 13.9. The molecule has 5 N–H and O–H groups in total. The topological polar surface area (TPSA) is 141 Å². The molecule has 0 radical (unpaired) electrons. The van der Waals surface area contributed by atoms with Crippen LogP contribution in [0.3, 0.4) is 0 Å². The second kappa shape index (κ2) is 2.86. The standard InChI is InChI=1S/C4H5N5O3/c5-2(10)1(8-11)3-7-4(6)12-9-3/h11H,(H2,5,10)(H2,6,7,9). The van der Waals surface area contributed by atoms with Crippen molar-refractivity contribution < 1.29 is 14.5 Å². The van der Waals surface area contributed by atoms with Gasteiger partial charge in [0.1, 0.15) is 0 Å². The Hall–Kier alpha value is -2.12. The number of hydrogen-bond acceptors (Lipinski definition) is 7. The highest BCUT2D eigenvalue weighted by Crippen LogP contribution is 1.98. The minimum absolute atomic E-state index is 0.243. The van der Waals surface area contributed by atoms with Crippen molar-refractivity contribution in [3.63, 3.8) is 0 Å². The maximum atomic E-state index is 10.5. The van der Waals surface area contributed by atoms with Gasteiger partial charge >= 0.3 is 6.01 Å². The van der Waals surface area contributed by atoms with Gasteiger partial charge in [-0.1, -0.05) is 10.3 Å². The van der Waals surface area contributed by atoms with Crippen molar-refractivity contribution in [2.24, 2.45) is 10.9 Å². The minimum Gasteiger partial charge on any atom is -0.410 e. The predicted molar refractivity (Wildman–Crippen MR) is 36.2 cm³/mol. The molecule has 1 aromatic rings.